The molecule has 0 saturated carbocycles. The number of nitrogens with two attached hydrogens (primary N) is 1. The molecule has 1 aliphatic rings. The number of hydrogen-bond donors (Lipinski definition) is 1. The number of rotatable bonds is 5. The van der Waals surface area contributed by atoms with Crippen LogP contribution in [0.3, 0.4) is 0 Å². The van der Waals surface area contributed by atoms with E-state index in [4.69, 9.17) is 5.73 Å². The highest BCUT2D eigenvalue weighted by atomic mass is 32.2. The van der Waals surface area contributed by atoms with E-state index in [2.05, 4.69) is 14.9 Å². The number of hydrogen-bond acceptors (Lipinski definition) is 6. The van der Waals surface area contributed by atoms with Gasteiger partial charge < -0.3 is 10.6 Å². The molecule has 1 saturated heterocycles. The van der Waals surface area contributed by atoms with Gasteiger partial charge in [0.15, 0.2) is 11.6 Å². The molecule has 6 nitrogen and oxygen atoms in total. The summed E-state index contributed by atoms with van der Waals surface area (Å²) in [6.07, 6.45) is 0. The molecule has 2 N–H and O–H groups in total. The number of nitrogen functional groups attached to an aromatic ring is 1. The number of piperazine rings is 1. The van der Waals surface area contributed by atoms with Crippen LogP contribution in [-0.2, 0) is 11.3 Å². The molecule has 0 unspecified atom stereocenters. The molecule has 0 spiro atoms. The summed E-state index contributed by atoms with van der Waals surface area (Å²) in [5, 5.41) is 0.843. The highest BCUT2D eigenvalue weighted by molar-refractivity contribution is 8.00. The molecule has 2 aromatic carbocycles. The number of amides is 1. The van der Waals surface area contributed by atoms with Crippen LogP contribution < -0.4 is 5.73 Å². The Morgan fingerprint density at radius 1 is 1.03 bits per heavy atom. The molecule has 1 fully saturated rings. The molecule has 0 atom stereocenters. The second kappa shape index (κ2) is 8.93. The minimum absolute atomic E-state index is 0.0180. The van der Waals surface area contributed by atoms with Crippen LogP contribution in [-0.4, -0.2) is 57.6 Å². The standard InChI is InChI=1S/C21H21F2N5OS/c22-16-6-5-14(11-17(16)23)30-13-20(29)28-9-7-27(8-10-28)12-19-25-18-4-2-1-3-15(18)21(24)26-19/h1-6,11H,7-10,12-13H2,(H2,24,25,26). The lowest BCUT2D eigenvalue weighted by Gasteiger charge is -2.34. The van der Waals surface area contributed by atoms with Crippen molar-refractivity contribution in [1.82, 2.24) is 19.8 Å². The van der Waals surface area contributed by atoms with Crippen LogP contribution in [0, 0.1) is 11.6 Å². The van der Waals surface area contributed by atoms with Crippen LogP contribution in [0.25, 0.3) is 10.9 Å². The van der Waals surface area contributed by atoms with E-state index < -0.39 is 11.6 Å². The molecule has 9 heteroatoms. The van der Waals surface area contributed by atoms with Crippen molar-refractivity contribution in [2.75, 3.05) is 37.7 Å². The summed E-state index contributed by atoms with van der Waals surface area (Å²) in [4.78, 5) is 26.0. The normalized spacial score (nSPS) is 14.9. The summed E-state index contributed by atoms with van der Waals surface area (Å²) in [5.41, 5.74) is 6.88. The third-order valence-electron chi connectivity index (χ3n) is 5.02. The summed E-state index contributed by atoms with van der Waals surface area (Å²) in [6.45, 7) is 3.18. The summed E-state index contributed by atoms with van der Waals surface area (Å²) in [6, 6.07) is 11.3. The highest BCUT2D eigenvalue weighted by Crippen LogP contribution is 2.21. The van der Waals surface area contributed by atoms with Crippen LogP contribution >= 0.6 is 11.8 Å². The van der Waals surface area contributed by atoms with E-state index in [1.807, 2.05) is 24.3 Å². The predicted molar refractivity (Wildman–Crippen MR) is 113 cm³/mol. The number of benzene rings is 2. The molecular formula is C21H21F2N5OS. The number of carbonyl (C=O) groups is 1. The van der Waals surface area contributed by atoms with E-state index in [0.29, 0.717) is 49.3 Å². The first-order valence-corrected chi connectivity index (χ1v) is 10.6. The first-order valence-electron chi connectivity index (χ1n) is 9.59. The van der Waals surface area contributed by atoms with Gasteiger partial charge in [-0.05, 0) is 30.3 Å². The molecule has 30 heavy (non-hydrogen) atoms. The van der Waals surface area contributed by atoms with Crippen LogP contribution in [0.4, 0.5) is 14.6 Å². The number of nitrogens with zero attached hydrogens (tertiary/aromatic N) is 4. The molecule has 2 heterocycles. The molecular weight excluding hydrogens is 408 g/mol. The Hall–Kier alpha value is -2.78. The van der Waals surface area contributed by atoms with Gasteiger partial charge in [0.1, 0.15) is 11.6 Å². The number of aromatic nitrogens is 2. The second-order valence-electron chi connectivity index (χ2n) is 7.06. The Balaban J connectivity index is 1.29. The number of para-hydroxylation sites is 1. The van der Waals surface area contributed by atoms with Crippen molar-refractivity contribution < 1.29 is 13.6 Å². The van der Waals surface area contributed by atoms with Crippen LogP contribution in [0.2, 0.25) is 0 Å². The minimum Gasteiger partial charge on any atom is -0.383 e. The number of halogens is 2. The Morgan fingerprint density at radius 2 is 1.80 bits per heavy atom. The first kappa shape index (κ1) is 20.5. The van der Waals surface area contributed by atoms with Gasteiger partial charge in [0, 0.05) is 36.5 Å². The molecule has 156 valence electrons. The maximum Gasteiger partial charge on any atom is 0.233 e. The Morgan fingerprint density at radius 3 is 2.57 bits per heavy atom. The number of thioether (sulfide) groups is 1. The van der Waals surface area contributed by atoms with E-state index in [9.17, 15) is 13.6 Å². The zero-order valence-electron chi connectivity index (χ0n) is 16.2. The maximum atomic E-state index is 13.3. The SMILES string of the molecule is Nc1nc(CN2CCN(C(=O)CSc3ccc(F)c(F)c3)CC2)nc2ccccc12. The third kappa shape index (κ3) is 4.68. The van der Waals surface area contributed by atoms with Crippen molar-refractivity contribution in [1.29, 1.82) is 0 Å². The summed E-state index contributed by atoms with van der Waals surface area (Å²) in [7, 11) is 0. The predicted octanol–water partition coefficient (Wildman–Crippen LogP) is 2.93. The average Bonchev–Trinajstić information content (AvgIpc) is 2.75. The van der Waals surface area contributed by atoms with Crippen LogP contribution in [0.15, 0.2) is 47.4 Å². The summed E-state index contributed by atoms with van der Waals surface area (Å²) in [5.74, 6) is -0.485. The molecule has 4 rings (SSSR count). The Labute approximate surface area is 177 Å². The first-order chi connectivity index (χ1) is 14.5. The van der Waals surface area contributed by atoms with Crippen LogP contribution in [0.1, 0.15) is 5.82 Å². The van der Waals surface area contributed by atoms with Gasteiger partial charge in [-0.25, -0.2) is 18.7 Å². The third-order valence-corrected chi connectivity index (χ3v) is 6.00. The Bertz CT molecular complexity index is 1070. The van der Waals surface area contributed by atoms with Crippen molar-refractivity contribution in [3.63, 3.8) is 0 Å². The molecule has 0 bridgehead atoms. The molecule has 0 radical (unpaired) electrons. The van der Waals surface area contributed by atoms with E-state index in [0.717, 1.165) is 23.0 Å². The van der Waals surface area contributed by atoms with Crippen molar-refractivity contribution in [2.24, 2.45) is 0 Å². The number of fused-ring (bicyclic) bond motifs is 1. The van der Waals surface area contributed by atoms with Gasteiger partial charge in [-0.1, -0.05) is 12.1 Å². The van der Waals surface area contributed by atoms with E-state index in [1.54, 1.807) is 4.90 Å². The minimum atomic E-state index is -0.905. The van der Waals surface area contributed by atoms with E-state index in [-0.39, 0.29) is 11.7 Å². The molecule has 1 amide bonds. The van der Waals surface area contributed by atoms with E-state index in [1.165, 1.54) is 17.8 Å². The smallest absolute Gasteiger partial charge is 0.233 e. The molecule has 3 aromatic rings. The molecule has 1 aliphatic heterocycles. The highest BCUT2D eigenvalue weighted by Gasteiger charge is 2.22. The molecule has 0 aliphatic carbocycles. The summed E-state index contributed by atoms with van der Waals surface area (Å²) < 4.78 is 26.3. The monoisotopic (exact) mass is 429 g/mol. The van der Waals surface area contributed by atoms with Gasteiger partial charge in [-0.3, -0.25) is 9.69 Å². The lowest BCUT2D eigenvalue weighted by Crippen LogP contribution is -2.49. The fourth-order valence-corrected chi connectivity index (χ4v) is 4.20. The van der Waals surface area contributed by atoms with E-state index >= 15 is 0 Å². The van der Waals surface area contributed by atoms with Gasteiger partial charge in [0.25, 0.3) is 0 Å². The van der Waals surface area contributed by atoms with Crippen molar-refractivity contribution in [3.8, 4) is 0 Å². The van der Waals surface area contributed by atoms with Crippen molar-refractivity contribution in [3.05, 3.63) is 59.9 Å². The van der Waals surface area contributed by atoms with Gasteiger partial charge in [-0.2, -0.15) is 0 Å². The van der Waals surface area contributed by atoms with Crippen molar-refractivity contribution in [2.45, 2.75) is 11.4 Å². The van der Waals surface area contributed by atoms with Gasteiger partial charge in [-0.15, -0.1) is 11.8 Å². The fraction of sp³-hybridized carbons (Fsp3) is 0.286. The fourth-order valence-electron chi connectivity index (χ4n) is 3.38. The number of anilines is 1. The second-order valence-corrected chi connectivity index (χ2v) is 8.11. The Kier molecular flexibility index (Phi) is 6.10. The zero-order chi connectivity index (χ0) is 21.1. The topological polar surface area (TPSA) is 75.3 Å². The zero-order valence-corrected chi connectivity index (χ0v) is 17.0. The van der Waals surface area contributed by atoms with Crippen molar-refractivity contribution >= 4 is 34.4 Å². The lowest BCUT2D eigenvalue weighted by molar-refractivity contribution is -0.130. The van der Waals surface area contributed by atoms with Gasteiger partial charge in [0.2, 0.25) is 5.91 Å². The van der Waals surface area contributed by atoms with Gasteiger partial charge >= 0.3 is 0 Å². The lowest BCUT2D eigenvalue weighted by atomic mass is 10.2. The quantitative estimate of drug-likeness (QED) is 0.629. The maximum absolute atomic E-state index is 13.3. The largest absolute Gasteiger partial charge is 0.383 e. The average molecular weight is 429 g/mol. The number of carbonyl (C=O) groups excluding carboxylic acids is 1. The summed E-state index contributed by atoms with van der Waals surface area (Å²) >= 11 is 1.21. The van der Waals surface area contributed by atoms with Gasteiger partial charge in [0.05, 0.1) is 17.8 Å². The molecule has 1 aromatic heterocycles. The van der Waals surface area contributed by atoms with Crippen LogP contribution in [0.5, 0.6) is 0 Å².